The zero-order valence-electron chi connectivity index (χ0n) is 14.1. The van der Waals surface area contributed by atoms with Crippen molar-refractivity contribution >= 4 is 6.03 Å². The van der Waals surface area contributed by atoms with Crippen LogP contribution in [0.25, 0.3) is 0 Å². The highest BCUT2D eigenvalue weighted by Gasteiger charge is 2.25. The van der Waals surface area contributed by atoms with Crippen LogP contribution < -0.4 is 10.6 Å². The molecule has 0 radical (unpaired) electrons. The molecule has 1 heterocycles. The molecule has 21 heavy (non-hydrogen) atoms. The van der Waals surface area contributed by atoms with Gasteiger partial charge in [-0.25, -0.2) is 4.79 Å². The molecule has 1 rings (SSSR count). The molecular weight excluding hydrogens is 264 g/mol. The second-order valence-corrected chi connectivity index (χ2v) is 6.56. The SMILES string of the molecule is CCC(OCCCCCCCC(C)C)C1CCNC(=O)N1. The van der Waals surface area contributed by atoms with Gasteiger partial charge in [-0.3, -0.25) is 0 Å². The number of unbranched alkanes of at least 4 members (excludes halogenated alkanes) is 4. The Bertz CT molecular complexity index is 282. The molecule has 2 N–H and O–H groups in total. The van der Waals surface area contributed by atoms with E-state index in [4.69, 9.17) is 4.74 Å². The molecule has 0 aromatic heterocycles. The molecule has 0 aromatic rings. The van der Waals surface area contributed by atoms with Gasteiger partial charge in [0.2, 0.25) is 0 Å². The van der Waals surface area contributed by atoms with E-state index in [0.29, 0.717) is 0 Å². The summed E-state index contributed by atoms with van der Waals surface area (Å²) in [6.45, 7) is 8.29. The molecule has 2 unspecified atom stereocenters. The van der Waals surface area contributed by atoms with Crippen LogP contribution in [0.5, 0.6) is 0 Å². The number of nitrogens with one attached hydrogen (secondary N) is 2. The lowest BCUT2D eigenvalue weighted by Crippen LogP contribution is -2.54. The van der Waals surface area contributed by atoms with Gasteiger partial charge >= 0.3 is 6.03 Å². The van der Waals surface area contributed by atoms with Gasteiger partial charge in [-0.2, -0.15) is 0 Å². The Morgan fingerprint density at radius 3 is 2.57 bits per heavy atom. The monoisotopic (exact) mass is 298 g/mol. The van der Waals surface area contributed by atoms with E-state index in [1.807, 2.05) is 0 Å². The average molecular weight is 298 g/mol. The second kappa shape index (κ2) is 10.9. The van der Waals surface area contributed by atoms with Gasteiger partial charge in [0, 0.05) is 13.2 Å². The number of carbonyl (C=O) groups is 1. The quantitative estimate of drug-likeness (QED) is 0.569. The average Bonchev–Trinajstić information content (AvgIpc) is 2.45. The van der Waals surface area contributed by atoms with Crippen molar-refractivity contribution in [2.24, 2.45) is 5.92 Å². The number of carbonyl (C=O) groups excluding carboxylic acids is 1. The van der Waals surface area contributed by atoms with Gasteiger partial charge in [-0.05, 0) is 25.2 Å². The van der Waals surface area contributed by atoms with Crippen LogP contribution in [0.15, 0.2) is 0 Å². The molecule has 0 aliphatic carbocycles. The maximum Gasteiger partial charge on any atom is 0.315 e. The molecule has 1 aliphatic heterocycles. The summed E-state index contributed by atoms with van der Waals surface area (Å²) < 4.78 is 5.98. The Balaban J connectivity index is 2.03. The Labute approximate surface area is 130 Å². The van der Waals surface area contributed by atoms with Crippen LogP contribution >= 0.6 is 0 Å². The maximum absolute atomic E-state index is 11.3. The topological polar surface area (TPSA) is 50.4 Å². The van der Waals surface area contributed by atoms with E-state index in [1.54, 1.807) is 0 Å². The highest BCUT2D eigenvalue weighted by Crippen LogP contribution is 2.13. The minimum atomic E-state index is -0.0570. The van der Waals surface area contributed by atoms with E-state index in [1.165, 1.54) is 32.1 Å². The first-order chi connectivity index (χ1) is 10.1. The van der Waals surface area contributed by atoms with Gasteiger partial charge < -0.3 is 15.4 Å². The molecule has 4 heteroatoms. The predicted octanol–water partition coefficient (Wildman–Crippen LogP) is 3.85. The summed E-state index contributed by atoms with van der Waals surface area (Å²) in [4.78, 5) is 11.3. The van der Waals surface area contributed by atoms with E-state index < -0.39 is 0 Å². The first kappa shape index (κ1) is 18.3. The molecule has 0 saturated carbocycles. The lowest BCUT2D eigenvalue weighted by molar-refractivity contribution is 0.0199. The molecule has 0 spiro atoms. The second-order valence-electron chi connectivity index (χ2n) is 6.56. The highest BCUT2D eigenvalue weighted by molar-refractivity contribution is 5.75. The molecule has 1 saturated heterocycles. The summed E-state index contributed by atoms with van der Waals surface area (Å²) >= 11 is 0. The molecular formula is C17H34N2O2. The van der Waals surface area contributed by atoms with Crippen molar-refractivity contribution in [1.82, 2.24) is 10.6 Å². The Morgan fingerprint density at radius 1 is 1.19 bits per heavy atom. The predicted molar refractivity (Wildman–Crippen MR) is 87.5 cm³/mol. The molecule has 0 bridgehead atoms. The van der Waals surface area contributed by atoms with Crippen molar-refractivity contribution in [3.8, 4) is 0 Å². The van der Waals surface area contributed by atoms with Crippen molar-refractivity contribution in [3.05, 3.63) is 0 Å². The number of rotatable bonds is 11. The third-order valence-corrected chi connectivity index (χ3v) is 4.17. The number of ether oxygens (including phenoxy) is 1. The molecule has 1 fully saturated rings. The van der Waals surface area contributed by atoms with Gasteiger partial charge in [0.15, 0.2) is 0 Å². The summed E-state index contributed by atoms with van der Waals surface area (Å²) in [5.74, 6) is 0.832. The lowest BCUT2D eigenvalue weighted by Gasteiger charge is -2.30. The minimum Gasteiger partial charge on any atom is -0.376 e. The van der Waals surface area contributed by atoms with E-state index in [0.717, 1.165) is 38.3 Å². The van der Waals surface area contributed by atoms with Gasteiger partial charge in [0.1, 0.15) is 0 Å². The number of amides is 2. The fourth-order valence-corrected chi connectivity index (χ4v) is 2.85. The van der Waals surface area contributed by atoms with Crippen LogP contribution in [0.3, 0.4) is 0 Å². The fourth-order valence-electron chi connectivity index (χ4n) is 2.85. The smallest absolute Gasteiger partial charge is 0.315 e. The Hall–Kier alpha value is -0.770. The van der Waals surface area contributed by atoms with Crippen LogP contribution in [-0.2, 0) is 4.74 Å². The van der Waals surface area contributed by atoms with Crippen LogP contribution in [0.4, 0.5) is 4.79 Å². The number of urea groups is 1. The van der Waals surface area contributed by atoms with Crippen molar-refractivity contribution in [2.75, 3.05) is 13.2 Å². The normalized spacial score (nSPS) is 20.2. The molecule has 124 valence electrons. The van der Waals surface area contributed by atoms with E-state index in [2.05, 4.69) is 31.4 Å². The molecule has 2 atom stereocenters. The van der Waals surface area contributed by atoms with Crippen molar-refractivity contribution in [3.63, 3.8) is 0 Å². The summed E-state index contributed by atoms with van der Waals surface area (Å²) in [6.07, 6.45) is 9.85. The van der Waals surface area contributed by atoms with Crippen molar-refractivity contribution in [1.29, 1.82) is 0 Å². The van der Waals surface area contributed by atoms with Crippen LogP contribution in [0, 0.1) is 5.92 Å². The first-order valence-electron chi connectivity index (χ1n) is 8.79. The maximum atomic E-state index is 11.3. The summed E-state index contributed by atoms with van der Waals surface area (Å²) in [5.41, 5.74) is 0. The molecule has 4 nitrogen and oxygen atoms in total. The zero-order valence-corrected chi connectivity index (χ0v) is 14.1. The highest BCUT2D eigenvalue weighted by atomic mass is 16.5. The molecule has 2 amide bonds. The largest absolute Gasteiger partial charge is 0.376 e. The standard InChI is InChI=1S/C17H34N2O2/c1-4-16(15-11-12-18-17(20)19-15)21-13-9-7-5-6-8-10-14(2)3/h14-16H,4-13H2,1-3H3,(H2,18,19,20). The third-order valence-electron chi connectivity index (χ3n) is 4.17. The number of hydrogen-bond acceptors (Lipinski definition) is 2. The lowest BCUT2D eigenvalue weighted by atomic mass is 10.0. The van der Waals surface area contributed by atoms with Crippen molar-refractivity contribution < 1.29 is 9.53 Å². The van der Waals surface area contributed by atoms with Gasteiger partial charge in [-0.15, -0.1) is 0 Å². The van der Waals surface area contributed by atoms with Crippen LogP contribution in [0.1, 0.15) is 72.1 Å². The van der Waals surface area contributed by atoms with Crippen molar-refractivity contribution in [2.45, 2.75) is 84.3 Å². The summed E-state index contributed by atoms with van der Waals surface area (Å²) in [5, 5.41) is 5.76. The Kier molecular flexibility index (Phi) is 9.48. The third kappa shape index (κ3) is 8.30. The summed E-state index contributed by atoms with van der Waals surface area (Å²) in [6, 6.07) is 0.119. The van der Waals surface area contributed by atoms with Crippen LogP contribution in [-0.4, -0.2) is 31.3 Å². The van der Waals surface area contributed by atoms with Gasteiger partial charge in [0.25, 0.3) is 0 Å². The molecule has 1 aliphatic rings. The van der Waals surface area contributed by atoms with Gasteiger partial charge in [0.05, 0.1) is 12.1 Å². The van der Waals surface area contributed by atoms with Gasteiger partial charge in [-0.1, -0.05) is 52.9 Å². The fraction of sp³-hybridized carbons (Fsp3) is 0.941. The van der Waals surface area contributed by atoms with E-state index >= 15 is 0 Å². The number of hydrogen-bond donors (Lipinski definition) is 2. The Morgan fingerprint density at radius 2 is 1.90 bits per heavy atom. The zero-order chi connectivity index (χ0) is 15.5. The molecule has 0 aromatic carbocycles. The first-order valence-corrected chi connectivity index (χ1v) is 8.79. The minimum absolute atomic E-state index is 0.0570. The van der Waals surface area contributed by atoms with E-state index in [9.17, 15) is 4.79 Å². The summed E-state index contributed by atoms with van der Waals surface area (Å²) in [7, 11) is 0. The van der Waals surface area contributed by atoms with Crippen LogP contribution in [0.2, 0.25) is 0 Å². The van der Waals surface area contributed by atoms with E-state index in [-0.39, 0.29) is 18.2 Å².